The van der Waals surface area contributed by atoms with Gasteiger partial charge in [0.15, 0.2) is 0 Å². The number of nitrogens with two attached hydrogens (primary N) is 1. The fourth-order valence-corrected chi connectivity index (χ4v) is 2.56. The van der Waals surface area contributed by atoms with Crippen molar-refractivity contribution < 1.29 is 9.59 Å². The Morgan fingerprint density at radius 1 is 1.21 bits per heavy atom. The van der Waals surface area contributed by atoms with E-state index in [0.29, 0.717) is 26.1 Å². The number of piperazine rings is 1. The third kappa shape index (κ3) is 3.93. The Labute approximate surface area is 116 Å². The molecule has 0 aromatic heterocycles. The molecule has 0 saturated carbocycles. The van der Waals surface area contributed by atoms with Crippen LogP contribution in [0.3, 0.4) is 0 Å². The highest BCUT2D eigenvalue weighted by Crippen LogP contribution is 2.23. The molecule has 2 amide bonds. The van der Waals surface area contributed by atoms with E-state index in [4.69, 9.17) is 5.73 Å². The highest BCUT2D eigenvalue weighted by Gasteiger charge is 2.42. The predicted octanol–water partition coefficient (Wildman–Crippen LogP) is 0.975. The van der Waals surface area contributed by atoms with Gasteiger partial charge in [-0.05, 0) is 33.2 Å². The van der Waals surface area contributed by atoms with Crippen molar-refractivity contribution in [3.8, 4) is 0 Å². The molecule has 0 aliphatic carbocycles. The van der Waals surface area contributed by atoms with Crippen LogP contribution < -0.4 is 5.73 Å². The fourth-order valence-electron chi connectivity index (χ4n) is 2.56. The average Bonchev–Trinajstić information content (AvgIpc) is 2.35. The molecule has 0 bridgehead atoms. The monoisotopic (exact) mass is 269 g/mol. The van der Waals surface area contributed by atoms with E-state index in [9.17, 15) is 9.59 Å². The molecule has 0 spiro atoms. The zero-order valence-corrected chi connectivity index (χ0v) is 12.4. The second-order valence-corrected chi connectivity index (χ2v) is 5.78. The van der Waals surface area contributed by atoms with Gasteiger partial charge in [0, 0.05) is 26.6 Å². The van der Waals surface area contributed by atoms with Crippen molar-refractivity contribution in [3.63, 3.8) is 0 Å². The second-order valence-electron chi connectivity index (χ2n) is 5.78. The minimum Gasteiger partial charge on any atom is -0.342 e. The molecule has 0 unspecified atom stereocenters. The highest BCUT2D eigenvalue weighted by molar-refractivity contribution is 5.91. The first-order chi connectivity index (χ1) is 8.91. The Kier molecular flexibility index (Phi) is 5.79. The summed E-state index contributed by atoms with van der Waals surface area (Å²) in [6, 6.07) is 0. The van der Waals surface area contributed by atoms with Crippen LogP contribution in [0.15, 0.2) is 0 Å². The molecule has 1 aliphatic heterocycles. The maximum absolute atomic E-state index is 12.2. The van der Waals surface area contributed by atoms with Gasteiger partial charge >= 0.3 is 0 Å². The van der Waals surface area contributed by atoms with Crippen LogP contribution in [0.25, 0.3) is 0 Å². The van der Waals surface area contributed by atoms with E-state index in [1.165, 1.54) is 0 Å². The van der Waals surface area contributed by atoms with E-state index < -0.39 is 5.54 Å². The summed E-state index contributed by atoms with van der Waals surface area (Å²) in [7, 11) is 1.79. The number of rotatable bonds is 6. The molecular formula is C14H27N3O2. The maximum atomic E-state index is 12.2. The first-order valence-electron chi connectivity index (χ1n) is 7.17. The molecule has 5 heteroatoms. The molecule has 19 heavy (non-hydrogen) atoms. The molecule has 0 radical (unpaired) electrons. The van der Waals surface area contributed by atoms with Gasteiger partial charge in [-0.15, -0.1) is 0 Å². The highest BCUT2D eigenvalue weighted by atomic mass is 16.2. The van der Waals surface area contributed by atoms with Gasteiger partial charge < -0.3 is 15.5 Å². The van der Waals surface area contributed by atoms with Gasteiger partial charge in [0.2, 0.25) is 11.8 Å². The van der Waals surface area contributed by atoms with E-state index in [1.54, 1.807) is 16.8 Å². The standard InChI is InChI=1S/C14H27N3O2/c1-14(2)13(19)16(3)10-11-17(14)12(18)8-6-4-5-7-9-15/h4-11,15H2,1-3H3. The Bertz CT molecular complexity index is 329. The van der Waals surface area contributed by atoms with Crippen molar-refractivity contribution in [1.82, 2.24) is 9.80 Å². The van der Waals surface area contributed by atoms with Crippen LogP contribution in [-0.4, -0.2) is 53.8 Å². The molecule has 0 aromatic carbocycles. The quantitative estimate of drug-likeness (QED) is 0.731. The lowest BCUT2D eigenvalue weighted by molar-refractivity contribution is -0.157. The fraction of sp³-hybridized carbons (Fsp3) is 0.857. The topological polar surface area (TPSA) is 66.6 Å². The van der Waals surface area contributed by atoms with E-state index in [0.717, 1.165) is 25.7 Å². The number of hydrogen-bond acceptors (Lipinski definition) is 3. The van der Waals surface area contributed by atoms with E-state index in [1.807, 2.05) is 13.8 Å². The lowest BCUT2D eigenvalue weighted by Gasteiger charge is -2.44. The maximum Gasteiger partial charge on any atom is 0.247 e. The zero-order chi connectivity index (χ0) is 14.5. The molecular weight excluding hydrogens is 242 g/mol. The summed E-state index contributed by atoms with van der Waals surface area (Å²) < 4.78 is 0. The van der Waals surface area contributed by atoms with Crippen molar-refractivity contribution in [1.29, 1.82) is 0 Å². The van der Waals surface area contributed by atoms with Gasteiger partial charge in [-0.3, -0.25) is 9.59 Å². The minimum absolute atomic E-state index is 0.0234. The smallest absolute Gasteiger partial charge is 0.247 e. The van der Waals surface area contributed by atoms with Gasteiger partial charge in [-0.25, -0.2) is 0 Å². The summed E-state index contributed by atoms with van der Waals surface area (Å²) in [5, 5.41) is 0. The number of unbranched alkanes of at least 4 members (excludes halogenated alkanes) is 3. The molecule has 1 fully saturated rings. The van der Waals surface area contributed by atoms with Gasteiger partial charge in [0.1, 0.15) is 5.54 Å². The van der Waals surface area contributed by atoms with Crippen LogP contribution in [0.1, 0.15) is 46.0 Å². The number of carbonyl (C=O) groups is 2. The van der Waals surface area contributed by atoms with Gasteiger partial charge in [0.05, 0.1) is 0 Å². The molecule has 2 N–H and O–H groups in total. The molecule has 0 aromatic rings. The second kappa shape index (κ2) is 6.89. The van der Waals surface area contributed by atoms with E-state index >= 15 is 0 Å². The molecule has 1 aliphatic rings. The number of likely N-dealkylation sites (N-methyl/N-ethyl adjacent to an activating group) is 1. The summed E-state index contributed by atoms with van der Waals surface area (Å²) in [6.07, 6.45) is 4.55. The minimum atomic E-state index is -0.707. The molecule has 1 saturated heterocycles. The van der Waals surface area contributed by atoms with Crippen molar-refractivity contribution in [2.75, 3.05) is 26.7 Å². The van der Waals surface area contributed by atoms with Crippen LogP contribution >= 0.6 is 0 Å². The Hall–Kier alpha value is -1.10. The van der Waals surface area contributed by atoms with Crippen LogP contribution in [0.4, 0.5) is 0 Å². The Balaban J connectivity index is 2.45. The van der Waals surface area contributed by atoms with Crippen molar-refractivity contribution >= 4 is 11.8 Å². The van der Waals surface area contributed by atoms with Crippen LogP contribution in [-0.2, 0) is 9.59 Å². The summed E-state index contributed by atoms with van der Waals surface area (Å²) in [6.45, 7) is 5.64. The van der Waals surface area contributed by atoms with Gasteiger partial charge in [0.25, 0.3) is 0 Å². The van der Waals surface area contributed by atoms with Crippen LogP contribution in [0, 0.1) is 0 Å². The Morgan fingerprint density at radius 2 is 1.84 bits per heavy atom. The molecule has 5 nitrogen and oxygen atoms in total. The van der Waals surface area contributed by atoms with E-state index in [-0.39, 0.29) is 11.8 Å². The van der Waals surface area contributed by atoms with Crippen molar-refractivity contribution in [3.05, 3.63) is 0 Å². The third-order valence-corrected chi connectivity index (χ3v) is 3.85. The first-order valence-corrected chi connectivity index (χ1v) is 7.17. The summed E-state index contributed by atoms with van der Waals surface area (Å²) >= 11 is 0. The first kappa shape index (κ1) is 16.0. The van der Waals surface area contributed by atoms with Gasteiger partial charge in [-0.2, -0.15) is 0 Å². The molecule has 0 atom stereocenters. The number of hydrogen-bond donors (Lipinski definition) is 1. The molecule has 1 rings (SSSR count). The van der Waals surface area contributed by atoms with Crippen molar-refractivity contribution in [2.45, 2.75) is 51.5 Å². The SMILES string of the molecule is CN1CCN(C(=O)CCCCCCN)C(C)(C)C1=O. The van der Waals surface area contributed by atoms with Gasteiger partial charge in [-0.1, -0.05) is 12.8 Å². The summed E-state index contributed by atoms with van der Waals surface area (Å²) in [4.78, 5) is 27.8. The zero-order valence-electron chi connectivity index (χ0n) is 12.4. The van der Waals surface area contributed by atoms with Crippen LogP contribution in [0.5, 0.6) is 0 Å². The lowest BCUT2D eigenvalue weighted by Crippen LogP contribution is -2.63. The Morgan fingerprint density at radius 3 is 2.47 bits per heavy atom. The third-order valence-electron chi connectivity index (χ3n) is 3.85. The summed E-state index contributed by atoms with van der Waals surface area (Å²) in [5.41, 5.74) is 4.73. The average molecular weight is 269 g/mol. The normalized spacial score (nSPS) is 18.8. The summed E-state index contributed by atoms with van der Waals surface area (Å²) in [5.74, 6) is 0.120. The number of amides is 2. The predicted molar refractivity (Wildman–Crippen MR) is 75.6 cm³/mol. The van der Waals surface area contributed by atoms with Crippen molar-refractivity contribution in [2.24, 2.45) is 5.73 Å². The number of nitrogens with zero attached hydrogens (tertiary/aromatic N) is 2. The van der Waals surface area contributed by atoms with Crippen LogP contribution in [0.2, 0.25) is 0 Å². The van der Waals surface area contributed by atoms with E-state index in [2.05, 4.69) is 0 Å². The lowest BCUT2D eigenvalue weighted by atomic mass is 9.97. The number of carbonyl (C=O) groups excluding carboxylic acids is 2. The molecule has 110 valence electrons. The largest absolute Gasteiger partial charge is 0.342 e. The molecule has 1 heterocycles.